The van der Waals surface area contributed by atoms with Crippen LogP contribution in [-0.4, -0.2) is 53.4 Å². The van der Waals surface area contributed by atoms with Crippen LogP contribution in [0.5, 0.6) is 0 Å². The summed E-state index contributed by atoms with van der Waals surface area (Å²) in [6.07, 6.45) is 4.19. The zero-order chi connectivity index (χ0) is 14.2. The quantitative estimate of drug-likeness (QED) is 0.577. The molecule has 0 saturated carbocycles. The summed E-state index contributed by atoms with van der Waals surface area (Å²) in [5.41, 5.74) is 0. The van der Waals surface area contributed by atoms with Crippen LogP contribution < -0.4 is 10.6 Å². The molecule has 20 heavy (non-hydrogen) atoms. The first kappa shape index (κ1) is 14.9. The summed E-state index contributed by atoms with van der Waals surface area (Å²) in [5, 5.41) is 12.9. The van der Waals surface area contributed by atoms with Gasteiger partial charge in [-0.25, -0.2) is 4.98 Å². The maximum atomic E-state index is 12.1. The second-order valence-corrected chi connectivity index (χ2v) is 5.03. The largest absolute Gasteiger partial charge is 0.379 e. The minimum atomic E-state index is -0.0770. The Kier molecular flexibility index (Phi) is 5.94. The van der Waals surface area contributed by atoms with Crippen LogP contribution in [0.25, 0.3) is 0 Å². The lowest BCUT2D eigenvalue weighted by Crippen LogP contribution is -2.44. The predicted molar refractivity (Wildman–Crippen MR) is 74.1 cm³/mol. The van der Waals surface area contributed by atoms with E-state index in [1.54, 1.807) is 0 Å². The molecule has 2 rings (SSSR count). The van der Waals surface area contributed by atoms with E-state index < -0.39 is 0 Å². The Morgan fingerprint density at radius 2 is 2.40 bits per heavy atom. The number of hydrogen-bond acceptors (Lipinski definition) is 5. The lowest BCUT2D eigenvalue weighted by Gasteiger charge is -2.18. The third-order valence-corrected chi connectivity index (χ3v) is 3.43. The first-order valence-electron chi connectivity index (χ1n) is 7.24. The van der Waals surface area contributed by atoms with Gasteiger partial charge < -0.3 is 15.4 Å². The number of hydrogen-bond donors (Lipinski definition) is 3. The van der Waals surface area contributed by atoms with Crippen LogP contribution >= 0.6 is 0 Å². The molecule has 1 fully saturated rings. The third kappa shape index (κ3) is 4.28. The minimum Gasteiger partial charge on any atom is -0.379 e. The highest BCUT2D eigenvalue weighted by molar-refractivity contribution is 5.79. The molecular formula is C13H23N5O2. The molecule has 1 saturated heterocycles. The van der Waals surface area contributed by atoms with Crippen molar-refractivity contribution < 1.29 is 9.53 Å². The summed E-state index contributed by atoms with van der Waals surface area (Å²) in [7, 11) is 0. The number of aromatic amines is 1. The molecule has 2 atom stereocenters. The lowest BCUT2D eigenvalue weighted by molar-refractivity contribution is -0.125. The molecule has 2 heterocycles. The Labute approximate surface area is 118 Å². The summed E-state index contributed by atoms with van der Waals surface area (Å²) >= 11 is 0. The van der Waals surface area contributed by atoms with E-state index >= 15 is 0 Å². The van der Waals surface area contributed by atoms with E-state index in [1.807, 2.05) is 0 Å². The number of aryl methyl sites for hydroxylation is 1. The number of H-pyrrole nitrogens is 1. The number of aromatic nitrogens is 3. The average Bonchev–Trinajstić information content (AvgIpc) is 3.12. The van der Waals surface area contributed by atoms with Gasteiger partial charge in [-0.15, -0.1) is 0 Å². The fourth-order valence-corrected chi connectivity index (χ4v) is 2.29. The van der Waals surface area contributed by atoms with Gasteiger partial charge in [0.15, 0.2) is 0 Å². The van der Waals surface area contributed by atoms with Crippen LogP contribution in [0, 0.1) is 5.92 Å². The fraction of sp³-hybridized carbons (Fsp3) is 0.769. The van der Waals surface area contributed by atoms with Crippen LogP contribution in [0.4, 0.5) is 0 Å². The van der Waals surface area contributed by atoms with E-state index in [-0.39, 0.29) is 17.9 Å². The smallest absolute Gasteiger partial charge is 0.227 e. The van der Waals surface area contributed by atoms with Gasteiger partial charge in [0.2, 0.25) is 5.91 Å². The van der Waals surface area contributed by atoms with E-state index in [1.165, 1.54) is 6.33 Å². The average molecular weight is 281 g/mol. The molecule has 1 amide bonds. The Hall–Kier alpha value is -1.47. The molecule has 0 aliphatic carbocycles. The number of ether oxygens (including phenoxy) is 1. The van der Waals surface area contributed by atoms with E-state index in [4.69, 9.17) is 4.74 Å². The SMILES string of the molecule is CCCNC1COCC1C(=O)NCCCc1ncn[nH]1. The number of nitrogens with zero attached hydrogens (tertiary/aromatic N) is 2. The van der Waals surface area contributed by atoms with E-state index in [0.717, 1.165) is 31.6 Å². The topological polar surface area (TPSA) is 91.9 Å². The van der Waals surface area contributed by atoms with Crippen molar-refractivity contribution in [1.82, 2.24) is 25.8 Å². The Morgan fingerprint density at radius 3 is 3.15 bits per heavy atom. The maximum Gasteiger partial charge on any atom is 0.227 e. The molecule has 112 valence electrons. The van der Waals surface area contributed by atoms with Crippen molar-refractivity contribution in [2.24, 2.45) is 5.92 Å². The number of rotatable bonds is 8. The van der Waals surface area contributed by atoms with Crippen molar-refractivity contribution >= 4 is 5.91 Å². The predicted octanol–water partition coefficient (Wildman–Crippen LogP) is -0.132. The molecule has 1 aliphatic heterocycles. The number of carbonyl (C=O) groups excluding carboxylic acids is 1. The summed E-state index contributed by atoms with van der Waals surface area (Å²) in [5.74, 6) is 0.853. The van der Waals surface area contributed by atoms with Gasteiger partial charge in [-0.2, -0.15) is 5.10 Å². The fourth-order valence-electron chi connectivity index (χ4n) is 2.29. The van der Waals surface area contributed by atoms with Gasteiger partial charge >= 0.3 is 0 Å². The molecule has 0 aromatic carbocycles. The highest BCUT2D eigenvalue weighted by atomic mass is 16.5. The molecule has 0 radical (unpaired) electrons. The molecule has 7 heteroatoms. The highest BCUT2D eigenvalue weighted by Gasteiger charge is 2.33. The van der Waals surface area contributed by atoms with Gasteiger partial charge in [-0.1, -0.05) is 6.92 Å². The molecule has 3 N–H and O–H groups in total. The zero-order valence-corrected chi connectivity index (χ0v) is 11.9. The molecule has 7 nitrogen and oxygen atoms in total. The van der Waals surface area contributed by atoms with Crippen molar-refractivity contribution in [1.29, 1.82) is 0 Å². The first-order valence-corrected chi connectivity index (χ1v) is 7.24. The van der Waals surface area contributed by atoms with Crippen LogP contribution in [-0.2, 0) is 16.0 Å². The Bertz CT molecular complexity index is 395. The van der Waals surface area contributed by atoms with Gasteiger partial charge in [-0.05, 0) is 19.4 Å². The van der Waals surface area contributed by atoms with Crippen LogP contribution in [0.1, 0.15) is 25.6 Å². The van der Waals surface area contributed by atoms with Gasteiger partial charge in [0.25, 0.3) is 0 Å². The van der Waals surface area contributed by atoms with Crippen molar-refractivity contribution in [3.63, 3.8) is 0 Å². The minimum absolute atomic E-state index is 0.0770. The molecule has 2 unspecified atom stereocenters. The van der Waals surface area contributed by atoms with Crippen LogP contribution in [0.2, 0.25) is 0 Å². The first-order chi connectivity index (χ1) is 9.81. The van der Waals surface area contributed by atoms with Gasteiger partial charge in [-0.3, -0.25) is 9.89 Å². The highest BCUT2D eigenvalue weighted by Crippen LogP contribution is 2.13. The van der Waals surface area contributed by atoms with E-state index in [9.17, 15) is 4.79 Å². The summed E-state index contributed by atoms with van der Waals surface area (Å²) < 4.78 is 5.41. The van der Waals surface area contributed by atoms with E-state index in [0.29, 0.717) is 19.8 Å². The Balaban J connectivity index is 1.65. The second kappa shape index (κ2) is 7.96. The second-order valence-electron chi connectivity index (χ2n) is 5.03. The monoisotopic (exact) mass is 281 g/mol. The zero-order valence-electron chi connectivity index (χ0n) is 11.9. The van der Waals surface area contributed by atoms with Crippen molar-refractivity contribution in [2.75, 3.05) is 26.3 Å². The van der Waals surface area contributed by atoms with Gasteiger partial charge in [0, 0.05) is 19.0 Å². The number of nitrogens with one attached hydrogen (secondary N) is 3. The van der Waals surface area contributed by atoms with Crippen molar-refractivity contribution in [3.05, 3.63) is 12.2 Å². The molecular weight excluding hydrogens is 258 g/mol. The standard InChI is InChI=1S/C13H23N5O2/c1-2-5-14-11-8-20-7-10(11)13(19)15-6-3-4-12-16-9-17-18-12/h9-11,14H,2-8H2,1H3,(H,15,19)(H,16,17,18). The molecule has 1 aromatic rings. The molecule has 1 aliphatic rings. The summed E-state index contributed by atoms with van der Waals surface area (Å²) in [4.78, 5) is 16.2. The van der Waals surface area contributed by atoms with Gasteiger partial charge in [0.1, 0.15) is 12.2 Å². The molecule has 1 aromatic heterocycles. The van der Waals surface area contributed by atoms with Crippen LogP contribution in [0.15, 0.2) is 6.33 Å². The van der Waals surface area contributed by atoms with Crippen LogP contribution in [0.3, 0.4) is 0 Å². The lowest BCUT2D eigenvalue weighted by atomic mass is 10.0. The van der Waals surface area contributed by atoms with Crippen molar-refractivity contribution in [2.45, 2.75) is 32.2 Å². The number of amides is 1. The summed E-state index contributed by atoms with van der Waals surface area (Å²) in [6, 6.07) is 0.143. The van der Waals surface area contributed by atoms with Crippen molar-refractivity contribution in [3.8, 4) is 0 Å². The third-order valence-electron chi connectivity index (χ3n) is 3.43. The normalized spacial score (nSPS) is 22.1. The van der Waals surface area contributed by atoms with E-state index in [2.05, 4.69) is 32.7 Å². The Morgan fingerprint density at radius 1 is 1.50 bits per heavy atom. The number of carbonyl (C=O) groups is 1. The molecule has 0 spiro atoms. The maximum absolute atomic E-state index is 12.1. The van der Waals surface area contributed by atoms with Gasteiger partial charge in [0.05, 0.1) is 19.1 Å². The summed E-state index contributed by atoms with van der Waals surface area (Å²) in [6.45, 7) is 4.81. The molecule has 0 bridgehead atoms.